The average Bonchev–Trinajstić information content (AvgIpc) is 2.79. The number of esters is 1. The zero-order valence-electron chi connectivity index (χ0n) is 11.9. The Labute approximate surface area is 119 Å². The third-order valence-electron chi connectivity index (χ3n) is 5.86. The van der Waals surface area contributed by atoms with Crippen molar-refractivity contribution in [2.45, 2.75) is 43.9 Å². The molecule has 0 aliphatic heterocycles. The number of nitrogen functional groups attached to an aromatic ring is 1. The first kappa shape index (κ1) is 12.3. The third-order valence-corrected chi connectivity index (χ3v) is 5.86. The Hall–Kier alpha value is -1.45. The maximum absolute atomic E-state index is 11.8. The highest BCUT2D eigenvalue weighted by Gasteiger charge is 2.52. The molecule has 4 heteroatoms. The lowest BCUT2D eigenvalue weighted by Crippen LogP contribution is -2.48. The molecule has 0 aromatic carbocycles. The molecule has 4 aliphatic carbocycles. The van der Waals surface area contributed by atoms with E-state index in [0.29, 0.717) is 11.4 Å². The number of carbonyl (C=O) groups excluding carboxylic acids is 1. The third kappa shape index (κ3) is 1.63. The monoisotopic (exact) mass is 274 g/mol. The molecule has 1 aromatic heterocycles. The van der Waals surface area contributed by atoms with E-state index in [1.54, 1.807) is 0 Å². The van der Waals surface area contributed by atoms with Crippen LogP contribution in [0.25, 0.3) is 0 Å². The van der Waals surface area contributed by atoms with Crippen LogP contribution < -0.4 is 5.73 Å². The lowest BCUT2D eigenvalue weighted by atomic mass is 9.49. The van der Waals surface area contributed by atoms with Gasteiger partial charge >= 0.3 is 5.97 Å². The fraction of sp³-hybridized carbons (Fsp3) is 0.688. The molecule has 0 amide bonds. The molecule has 4 nitrogen and oxygen atoms in total. The smallest absolute Gasteiger partial charge is 0.341 e. The van der Waals surface area contributed by atoms with Crippen molar-refractivity contribution in [3.63, 3.8) is 0 Å². The van der Waals surface area contributed by atoms with E-state index in [4.69, 9.17) is 10.5 Å². The largest absolute Gasteiger partial charge is 0.465 e. The van der Waals surface area contributed by atoms with Gasteiger partial charge in [-0.2, -0.15) is 0 Å². The highest BCUT2D eigenvalue weighted by molar-refractivity contribution is 5.94. The van der Waals surface area contributed by atoms with Crippen LogP contribution in [-0.2, 0) is 10.2 Å². The molecule has 4 saturated carbocycles. The van der Waals surface area contributed by atoms with Crippen molar-refractivity contribution >= 4 is 11.8 Å². The number of rotatable bonds is 2. The molecule has 3 N–H and O–H groups in total. The number of hydrogen-bond acceptors (Lipinski definition) is 3. The van der Waals surface area contributed by atoms with Crippen molar-refractivity contribution in [3.05, 3.63) is 17.3 Å². The molecule has 4 fully saturated rings. The molecule has 20 heavy (non-hydrogen) atoms. The van der Waals surface area contributed by atoms with E-state index in [0.717, 1.165) is 17.8 Å². The minimum Gasteiger partial charge on any atom is -0.465 e. The molecule has 4 bridgehead atoms. The Morgan fingerprint density at radius 3 is 2.30 bits per heavy atom. The number of carbonyl (C=O) groups is 1. The second-order valence-corrected chi connectivity index (χ2v) is 7.20. The molecule has 1 aromatic rings. The lowest BCUT2D eigenvalue weighted by molar-refractivity contribution is -0.00693. The molecule has 5 rings (SSSR count). The van der Waals surface area contributed by atoms with Crippen LogP contribution in [0.4, 0.5) is 5.82 Å². The van der Waals surface area contributed by atoms with Gasteiger partial charge in [0, 0.05) is 11.1 Å². The van der Waals surface area contributed by atoms with E-state index in [1.807, 2.05) is 6.07 Å². The maximum Gasteiger partial charge on any atom is 0.341 e. The molecule has 0 atom stereocenters. The molecule has 0 spiro atoms. The fourth-order valence-corrected chi connectivity index (χ4v) is 5.48. The van der Waals surface area contributed by atoms with Gasteiger partial charge < -0.3 is 15.5 Å². The molecule has 0 radical (unpaired) electrons. The quantitative estimate of drug-likeness (QED) is 0.815. The van der Waals surface area contributed by atoms with Gasteiger partial charge in [-0.05, 0) is 62.3 Å². The summed E-state index contributed by atoms with van der Waals surface area (Å²) in [5.74, 6) is 2.77. The van der Waals surface area contributed by atoms with Gasteiger partial charge in [0.1, 0.15) is 11.4 Å². The van der Waals surface area contributed by atoms with E-state index in [1.165, 1.54) is 51.3 Å². The SMILES string of the molecule is COC(=O)c1cc(C23CC4CC(CC(C4)C2)C3)[nH]c1N. The fourth-order valence-electron chi connectivity index (χ4n) is 5.48. The van der Waals surface area contributed by atoms with Gasteiger partial charge in [-0.3, -0.25) is 0 Å². The summed E-state index contributed by atoms with van der Waals surface area (Å²) >= 11 is 0. The summed E-state index contributed by atoms with van der Waals surface area (Å²) in [6.45, 7) is 0. The number of ether oxygens (including phenoxy) is 1. The normalized spacial score (nSPS) is 38.1. The van der Waals surface area contributed by atoms with E-state index in [2.05, 4.69) is 4.98 Å². The minimum absolute atomic E-state index is 0.245. The first-order valence-corrected chi connectivity index (χ1v) is 7.67. The molecular formula is C16H22N2O2. The van der Waals surface area contributed by atoms with Crippen LogP contribution in [0.2, 0.25) is 0 Å². The van der Waals surface area contributed by atoms with Crippen LogP contribution in [0.3, 0.4) is 0 Å². The van der Waals surface area contributed by atoms with E-state index < -0.39 is 0 Å². The Bertz CT molecular complexity index is 526. The van der Waals surface area contributed by atoms with Crippen LogP contribution in [0.1, 0.15) is 54.6 Å². The van der Waals surface area contributed by atoms with Crippen molar-refractivity contribution in [2.24, 2.45) is 17.8 Å². The van der Waals surface area contributed by atoms with Gasteiger partial charge in [-0.15, -0.1) is 0 Å². The van der Waals surface area contributed by atoms with Crippen molar-refractivity contribution in [1.29, 1.82) is 0 Å². The molecule has 0 saturated heterocycles. The highest BCUT2D eigenvalue weighted by Crippen LogP contribution is 2.60. The van der Waals surface area contributed by atoms with Gasteiger partial charge in [-0.25, -0.2) is 4.79 Å². The van der Waals surface area contributed by atoms with Gasteiger partial charge in [0.2, 0.25) is 0 Å². The first-order valence-electron chi connectivity index (χ1n) is 7.67. The number of aromatic nitrogens is 1. The molecule has 108 valence electrons. The highest BCUT2D eigenvalue weighted by atomic mass is 16.5. The molecular weight excluding hydrogens is 252 g/mol. The van der Waals surface area contributed by atoms with Crippen LogP contribution in [0, 0.1) is 17.8 Å². The predicted octanol–water partition coefficient (Wildman–Crippen LogP) is 2.85. The number of nitrogens with one attached hydrogen (secondary N) is 1. The topological polar surface area (TPSA) is 68.1 Å². The van der Waals surface area contributed by atoms with Crippen molar-refractivity contribution in [3.8, 4) is 0 Å². The van der Waals surface area contributed by atoms with Crippen LogP contribution in [0.15, 0.2) is 6.07 Å². The lowest BCUT2D eigenvalue weighted by Gasteiger charge is -2.56. The number of nitrogens with two attached hydrogens (primary N) is 1. The second-order valence-electron chi connectivity index (χ2n) is 7.20. The number of aromatic amines is 1. The average molecular weight is 274 g/mol. The zero-order valence-corrected chi connectivity index (χ0v) is 11.9. The van der Waals surface area contributed by atoms with Crippen LogP contribution in [-0.4, -0.2) is 18.1 Å². The Morgan fingerprint density at radius 1 is 1.25 bits per heavy atom. The summed E-state index contributed by atoms with van der Waals surface area (Å²) in [5, 5.41) is 0. The summed E-state index contributed by atoms with van der Waals surface area (Å²) < 4.78 is 4.81. The van der Waals surface area contributed by atoms with E-state index >= 15 is 0 Å². The summed E-state index contributed by atoms with van der Waals surface area (Å²) in [7, 11) is 1.40. The zero-order chi connectivity index (χ0) is 13.9. The summed E-state index contributed by atoms with van der Waals surface area (Å²) in [4.78, 5) is 15.0. The van der Waals surface area contributed by atoms with Gasteiger partial charge in [0.25, 0.3) is 0 Å². The van der Waals surface area contributed by atoms with E-state index in [-0.39, 0.29) is 11.4 Å². The van der Waals surface area contributed by atoms with Gasteiger partial charge in [0.15, 0.2) is 0 Å². The van der Waals surface area contributed by atoms with Crippen LogP contribution in [0.5, 0.6) is 0 Å². The second kappa shape index (κ2) is 4.03. The summed E-state index contributed by atoms with van der Waals surface area (Å²) in [5.41, 5.74) is 7.90. The Morgan fingerprint density at radius 2 is 1.80 bits per heavy atom. The van der Waals surface area contributed by atoms with Gasteiger partial charge in [-0.1, -0.05) is 0 Å². The van der Waals surface area contributed by atoms with Gasteiger partial charge in [0.05, 0.1) is 7.11 Å². The molecule has 4 aliphatic rings. The maximum atomic E-state index is 11.8. The molecule has 1 heterocycles. The van der Waals surface area contributed by atoms with E-state index in [9.17, 15) is 4.79 Å². The predicted molar refractivity (Wildman–Crippen MR) is 76.4 cm³/mol. The number of hydrogen-bond donors (Lipinski definition) is 2. The molecule has 0 unspecified atom stereocenters. The van der Waals surface area contributed by atoms with Crippen molar-refractivity contribution in [1.82, 2.24) is 4.98 Å². The first-order chi connectivity index (χ1) is 9.59. The summed E-state index contributed by atoms with van der Waals surface area (Å²) in [6, 6.07) is 1.95. The Kier molecular flexibility index (Phi) is 2.48. The number of methoxy groups -OCH3 is 1. The Balaban J connectivity index is 1.72. The number of H-pyrrole nitrogens is 1. The van der Waals surface area contributed by atoms with Crippen molar-refractivity contribution in [2.75, 3.05) is 12.8 Å². The van der Waals surface area contributed by atoms with Crippen molar-refractivity contribution < 1.29 is 9.53 Å². The summed E-state index contributed by atoms with van der Waals surface area (Å²) in [6.07, 6.45) is 8.04. The minimum atomic E-state index is -0.338. The van der Waals surface area contributed by atoms with Crippen LogP contribution >= 0.6 is 0 Å². The standard InChI is InChI=1S/C16H22N2O2/c1-20-15(19)12-5-13(18-14(12)17)16-6-9-2-10(7-16)4-11(3-9)8-16/h5,9-11,18H,2-4,6-8,17H2,1H3. The number of anilines is 1.